The van der Waals surface area contributed by atoms with Crippen LogP contribution in [0.5, 0.6) is 0 Å². The van der Waals surface area contributed by atoms with Crippen LogP contribution in [0.2, 0.25) is 0 Å². The fourth-order valence-corrected chi connectivity index (χ4v) is 3.00. The molecule has 0 saturated carbocycles. The Morgan fingerprint density at radius 3 is 2.80 bits per heavy atom. The predicted octanol–water partition coefficient (Wildman–Crippen LogP) is 3.23. The maximum Gasteiger partial charge on any atom is 0.0795 e. The highest BCUT2D eigenvalue weighted by molar-refractivity contribution is 7.07. The lowest BCUT2D eigenvalue weighted by molar-refractivity contribution is 0.301. The van der Waals surface area contributed by atoms with Crippen molar-refractivity contribution in [2.45, 2.75) is 25.9 Å². The molecule has 1 aromatic carbocycles. The summed E-state index contributed by atoms with van der Waals surface area (Å²) in [5.41, 5.74) is 5.81. The van der Waals surface area contributed by atoms with Gasteiger partial charge < -0.3 is 10.2 Å². The van der Waals surface area contributed by atoms with Gasteiger partial charge in [-0.25, -0.2) is 4.98 Å². The molecule has 1 aromatic heterocycles. The van der Waals surface area contributed by atoms with E-state index in [2.05, 4.69) is 58.8 Å². The highest BCUT2D eigenvalue weighted by Gasteiger charge is 2.12. The van der Waals surface area contributed by atoms with Gasteiger partial charge in [0.1, 0.15) is 0 Å². The SMILES string of the molecule is CNC(CCN(C)Cc1cscn1)c1ccccc1C. The summed E-state index contributed by atoms with van der Waals surface area (Å²) in [6, 6.07) is 9.02. The molecule has 108 valence electrons. The van der Waals surface area contributed by atoms with Crippen LogP contribution in [0.15, 0.2) is 35.2 Å². The van der Waals surface area contributed by atoms with Gasteiger partial charge in [-0.3, -0.25) is 0 Å². The third-order valence-corrected chi connectivity index (χ3v) is 4.26. The lowest BCUT2D eigenvalue weighted by atomic mass is 9.99. The van der Waals surface area contributed by atoms with Gasteiger partial charge >= 0.3 is 0 Å². The van der Waals surface area contributed by atoms with Gasteiger partial charge in [0, 0.05) is 24.5 Å². The summed E-state index contributed by atoms with van der Waals surface area (Å²) in [6.07, 6.45) is 1.10. The van der Waals surface area contributed by atoms with Gasteiger partial charge in [-0.15, -0.1) is 11.3 Å². The van der Waals surface area contributed by atoms with Crippen LogP contribution in [-0.2, 0) is 6.54 Å². The van der Waals surface area contributed by atoms with E-state index >= 15 is 0 Å². The van der Waals surface area contributed by atoms with E-state index in [0.717, 1.165) is 25.2 Å². The molecule has 0 spiro atoms. The third-order valence-electron chi connectivity index (χ3n) is 3.63. The average molecular weight is 289 g/mol. The van der Waals surface area contributed by atoms with Crippen LogP contribution in [-0.4, -0.2) is 30.5 Å². The van der Waals surface area contributed by atoms with E-state index in [-0.39, 0.29) is 0 Å². The first-order chi connectivity index (χ1) is 9.70. The summed E-state index contributed by atoms with van der Waals surface area (Å²) in [4.78, 5) is 6.67. The second-order valence-corrected chi connectivity index (χ2v) is 5.92. The Hall–Kier alpha value is -1.23. The number of hydrogen-bond donors (Lipinski definition) is 1. The van der Waals surface area contributed by atoms with Gasteiger partial charge in [-0.1, -0.05) is 24.3 Å². The second-order valence-electron chi connectivity index (χ2n) is 5.20. The smallest absolute Gasteiger partial charge is 0.0795 e. The van der Waals surface area contributed by atoms with Crippen molar-refractivity contribution in [1.29, 1.82) is 0 Å². The van der Waals surface area contributed by atoms with Crippen LogP contribution in [0.4, 0.5) is 0 Å². The number of benzene rings is 1. The first-order valence-corrected chi connectivity index (χ1v) is 7.93. The molecule has 0 saturated heterocycles. The van der Waals surface area contributed by atoms with Crippen LogP contribution in [0.3, 0.4) is 0 Å². The van der Waals surface area contributed by atoms with Gasteiger partial charge in [0.25, 0.3) is 0 Å². The van der Waals surface area contributed by atoms with Crippen molar-refractivity contribution < 1.29 is 0 Å². The van der Waals surface area contributed by atoms with Gasteiger partial charge in [-0.2, -0.15) is 0 Å². The van der Waals surface area contributed by atoms with E-state index in [1.807, 2.05) is 12.6 Å². The van der Waals surface area contributed by atoms with Crippen molar-refractivity contribution in [2.24, 2.45) is 0 Å². The van der Waals surface area contributed by atoms with Crippen molar-refractivity contribution in [3.05, 3.63) is 52.0 Å². The van der Waals surface area contributed by atoms with E-state index in [1.165, 1.54) is 11.1 Å². The Balaban J connectivity index is 1.89. The minimum atomic E-state index is 0.411. The zero-order valence-electron chi connectivity index (χ0n) is 12.5. The van der Waals surface area contributed by atoms with Crippen LogP contribution in [0.1, 0.15) is 29.3 Å². The molecule has 0 radical (unpaired) electrons. The number of aromatic nitrogens is 1. The minimum Gasteiger partial charge on any atom is -0.313 e. The molecule has 3 nitrogen and oxygen atoms in total. The molecule has 0 aliphatic carbocycles. The number of thiazole rings is 1. The van der Waals surface area contributed by atoms with E-state index < -0.39 is 0 Å². The number of rotatable bonds is 7. The van der Waals surface area contributed by atoms with Crippen LogP contribution in [0, 0.1) is 6.92 Å². The second kappa shape index (κ2) is 7.53. The number of nitrogens with zero attached hydrogens (tertiary/aromatic N) is 2. The highest BCUT2D eigenvalue weighted by atomic mass is 32.1. The van der Waals surface area contributed by atoms with Gasteiger partial charge in [0.15, 0.2) is 0 Å². The van der Waals surface area contributed by atoms with Crippen molar-refractivity contribution in [3.63, 3.8) is 0 Å². The largest absolute Gasteiger partial charge is 0.313 e. The van der Waals surface area contributed by atoms with Crippen molar-refractivity contribution >= 4 is 11.3 Å². The molecule has 2 aromatic rings. The molecular formula is C16H23N3S. The topological polar surface area (TPSA) is 28.2 Å². The normalized spacial score (nSPS) is 12.8. The molecule has 1 N–H and O–H groups in total. The lowest BCUT2D eigenvalue weighted by Gasteiger charge is -2.22. The van der Waals surface area contributed by atoms with Gasteiger partial charge in [0.2, 0.25) is 0 Å². The van der Waals surface area contributed by atoms with Crippen molar-refractivity contribution in [3.8, 4) is 0 Å². The van der Waals surface area contributed by atoms with Crippen LogP contribution >= 0.6 is 11.3 Å². The number of aryl methyl sites for hydroxylation is 1. The molecule has 1 unspecified atom stereocenters. The Labute approximate surface area is 125 Å². The van der Waals surface area contributed by atoms with Gasteiger partial charge in [0.05, 0.1) is 11.2 Å². The monoisotopic (exact) mass is 289 g/mol. The van der Waals surface area contributed by atoms with E-state index in [9.17, 15) is 0 Å². The highest BCUT2D eigenvalue weighted by Crippen LogP contribution is 2.20. The maximum absolute atomic E-state index is 4.34. The van der Waals surface area contributed by atoms with Crippen molar-refractivity contribution in [1.82, 2.24) is 15.2 Å². The summed E-state index contributed by atoms with van der Waals surface area (Å²) in [5, 5.41) is 5.55. The molecule has 0 aliphatic heterocycles. The van der Waals surface area contributed by atoms with Crippen LogP contribution < -0.4 is 5.32 Å². The molecule has 0 bridgehead atoms. The molecule has 20 heavy (non-hydrogen) atoms. The molecule has 1 heterocycles. The van der Waals surface area contributed by atoms with Crippen LogP contribution in [0.25, 0.3) is 0 Å². The number of nitrogens with one attached hydrogen (secondary N) is 1. The summed E-state index contributed by atoms with van der Waals surface area (Å²) >= 11 is 1.66. The Kier molecular flexibility index (Phi) is 5.71. The lowest BCUT2D eigenvalue weighted by Crippen LogP contribution is -2.25. The first-order valence-electron chi connectivity index (χ1n) is 6.99. The summed E-state index contributed by atoms with van der Waals surface area (Å²) in [7, 11) is 4.20. The molecule has 2 rings (SSSR count). The average Bonchev–Trinajstić information content (AvgIpc) is 2.94. The molecule has 1 atom stereocenters. The van der Waals surface area contributed by atoms with Crippen molar-refractivity contribution in [2.75, 3.05) is 20.6 Å². The predicted molar refractivity (Wildman–Crippen MR) is 86.0 cm³/mol. The fourth-order valence-electron chi connectivity index (χ4n) is 2.45. The summed E-state index contributed by atoms with van der Waals surface area (Å²) in [6.45, 7) is 4.16. The molecule has 0 amide bonds. The summed E-state index contributed by atoms with van der Waals surface area (Å²) in [5.74, 6) is 0. The zero-order valence-corrected chi connectivity index (χ0v) is 13.3. The molecule has 0 fully saturated rings. The number of hydrogen-bond acceptors (Lipinski definition) is 4. The van der Waals surface area contributed by atoms with E-state index in [0.29, 0.717) is 6.04 Å². The fraction of sp³-hybridized carbons (Fsp3) is 0.438. The zero-order chi connectivity index (χ0) is 14.4. The van der Waals surface area contributed by atoms with Gasteiger partial charge in [-0.05, 0) is 38.6 Å². The molecule has 4 heteroatoms. The maximum atomic E-state index is 4.34. The Morgan fingerprint density at radius 1 is 1.35 bits per heavy atom. The standard InChI is InChI=1S/C16H23N3S/c1-13-6-4-5-7-15(13)16(17-2)8-9-19(3)10-14-11-20-12-18-14/h4-7,11-12,16-17H,8-10H2,1-3H3. The molecular weight excluding hydrogens is 266 g/mol. The minimum absolute atomic E-state index is 0.411. The first kappa shape index (κ1) is 15.2. The summed E-state index contributed by atoms with van der Waals surface area (Å²) < 4.78 is 0. The Bertz CT molecular complexity index is 510. The Morgan fingerprint density at radius 2 is 2.15 bits per heavy atom. The van der Waals surface area contributed by atoms with E-state index in [1.54, 1.807) is 11.3 Å². The molecule has 0 aliphatic rings. The van der Waals surface area contributed by atoms with E-state index in [4.69, 9.17) is 0 Å². The quantitative estimate of drug-likeness (QED) is 0.848. The third kappa shape index (κ3) is 4.13.